The molecule has 0 fully saturated rings. The Morgan fingerprint density at radius 1 is 1.10 bits per heavy atom. The number of hydrogen-bond acceptors (Lipinski definition) is 3. The molecule has 3 heteroatoms. The van der Waals surface area contributed by atoms with Crippen LogP contribution in [0.3, 0.4) is 0 Å². The van der Waals surface area contributed by atoms with Gasteiger partial charge >= 0.3 is 0 Å². The van der Waals surface area contributed by atoms with Gasteiger partial charge in [0.1, 0.15) is 18.1 Å². The predicted molar refractivity (Wildman–Crippen MR) is 79.0 cm³/mol. The Labute approximate surface area is 119 Å². The van der Waals surface area contributed by atoms with Crippen LogP contribution in [-0.2, 0) is 6.61 Å². The van der Waals surface area contributed by atoms with E-state index in [0.29, 0.717) is 13.0 Å². The number of ether oxygens (including phenoxy) is 2. The van der Waals surface area contributed by atoms with Crippen molar-refractivity contribution in [2.75, 3.05) is 7.11 Å². The van der Waals surface area contributed by atoms with Crippen molar-refractivity contribution in [2.45, 2.75) is 26.1 Å². The highest BCUT2D eigenvalue weighted by Gasteiger charge is 2.11. The molecule has 2 rings (SSSR count). The molecule has 0 spiro atoms. The lowest BCUT2D eigenvalue weighted by atomic mass is 10.1. The molecule has 0 aliphatic heterocycles. The minimum Gasteiger partial charge on any atom is -0.497 e. The van der Waals surface area contributed by atoms with Gasteiger partial charge in [-0.25, -0.2) is 0 Å². The first-order chi connectivity index (χ1) is 9.74. The molecule has 0 aliphatic carbocycles. The summed E-state index contributed by atoms with van der Waals surface area (Å²) in [7, 11) is 1.65. The fourth-order valence-electron chi connectivity index (χ4n) is 2.03. The van der Waals surface area contributed by atoms with Gasteiger partial charge in [0.05, 0.1) is 13.2 Å². The van der Waals surface area contributed by atoms with Gasteiger partial charge in [-0.1, -0.05) is 37.3 Å². The van der Waals surface area contributed by atoms with E-state index < -0.39 is 6.10 Å². The first-order valence-corrected chi connectivity index (χ1v) is 6.77. The van der Waals surface area contributed by atoms with Gasteiger partial charge in [-0.2, -0.15) is 0 Å². The molecular weight excluding hydrogens is 252 g/mol. The molecule has 0 amide bonds. The van der Waals surface area contributed by atoms with Crippen molar-refractivity contribution in [1.29, 1.82) is 0 Å². The fourth-order valence-corrected chi connectivity index (χ4v) is 2.03. The summed E-state index contributed by atoms with van der Waals surface area (Å²) in [6.45, 7) is 2.40. The molecule has 2 aromatic rings. The third kappa shape index (κ3) is 3.52. The van der Waals surface area contributed by atoms with E-state index in [2.05, 4.69) is 0 Å². The maximum absolute atomic E-state index is 9.99. The molecule has 0 saturated heterocycles. The molecule has 0 saturated carbocycles. The van der Waals surface area contributed by atoms with E-state index in [4.69, 9.17) is 9.47 Å². The molecule has 2 aromatic carbocycles. The normalized spacial score (nSPS) is 11.9. The predicted octanol–water partition coefficient (Wildman–Crippen LogP) is 3.72. The summed E-state index contributed by atoms with van der Waals surface area (Å²) in [5, 5.41) is 9.99. The van der Waals surface area contributed by atoms with E-state index in [1.807, 2.05) is 55.5 Å². The molecule has 1 N–H and O–H groups in total. The highest BCUT2D eigenvalue weighted by molar-refractivity contribution is 5.35. The lowest BCUT2D eigenvalue weighted by Gasteiger charge is -2.15. The second-order valence-corrected chi connectivity index (χ2v) is 4.60. The van der Waals surface area contributed by atoms with E-state index in [-0.39, 0.29) is 0 Å². The highest BCUT2D eigenvalue weighted by Crippen LogP contribution is 2.27. The summed E-state index contributed by atoms with van der Waals surface area (Å²) >= 11 is 0. The second kappa shape index (κ2) is 6.96. The monoisotopic (exact) mass is 272 g/mol. The zero-order chi connectivity index (χ0) is 14.4. The average molecular weight is 272 g/mol. The van der Waals surface area contributed by atoms with Crippen molar-refractivity contribution in [3.8, 4) is 11.5 Å². The van der Waals surface area contributed by atoms with Crippen LogP contribution in [0.2, 0.25) is 0 Å². The molecule has 0 heterocycles. The minimum atomic E-state index is -0.489. The Balaban J connectivity index is 2.10. The van der Waals surface area contributed by atoms with Crippen molar-refractivity contribution in [1.82, 2.24) is 0 Å². The topological polar surface area (TPSA) is 38.7 Å². The maximum atomic E-state index is 9.99. The zero-order valence-electron chi connectivity index (χ0n) is 11.9. The van der Waals surface area contributed by atoms with Crippen LogP contribution in [0.4, 0.5) is 0 Å². The Bertz CT molecular complexity index is 551. The van der Waals surface area contributed by atoms with E-state index >= 15 is 0 Å². The van der Waals surface area contributed by atoms with Gasteiger partial charge in [0, 0.05) is 5.56 Å². The maximum Gasteiger partial charge on any atom is 0.125 e. The van der Waals surface area contributed by atoms with Crippen LogP contribution in [0, 0.1) is 0 Å². The SMILES string of the molecule is CC[C@H](O)c1ccccc1OCc1cccc(OC)c1. The summed E-state index contributed by atoms with van der Waals surface area (Å²) in [5.41, 5.74) is 1.86. The number of rotatable bonds is 6. The lowest BCUT2D eigenvalue weighted by Crippen LogP contribution is -2.02. The summed E-state index contributed by atoms with van der Waals surface area (Å²) in [5.74, 6) is 1.54. The summed E-state index contributed by atoms with van der Waals surface area (Å²) < 4.78 is 11.0. The molecular formula is C17H20O3. The average Bonchev–Trinajstić information content (AvgIpc) is 2.52. The Morgan fingerprint density at radius 3 is 2.65 bits per heavy atom. The summed E-state index contributed by atoms with van der Waals surface area (Å²) in [6.07, 6.45) is 0.177. The second-order valence-electron chi connectivity index (χ2n) is 4.60. The van der Waals surface area contributed by atoms with Gasteiger partial charge in [0.2, 0.25) is 0 Å². The first kappa shape index (κ1) is 14.4. The van der Waals surface area contributed by atoms with Gasteiger partial charge in [-0.15, -0.1) is 0 Å². The summed E-state index contributed by atoms with van der Waals surface area (Å²) in [6, 6.07) is 15.4. The number of aliphatic hydroxyl groups excluding tert-OH is 1. The number of methoxy groups -OCH3 is 1. The van der Waals surface area contributed by atoms with E-state index in [0.717, 1.165) is 22.6 Å². The van der Waals surface area contributed by atoms with Crippen LogP contribution in [0.1, 0.15) is 30.6 Å². The van der Waals surface area contributed by atoms with Crippen LogP contribution < -0.4 is 9.47 Å². The highest BCUT2D eigenvalue weighted by atomic mass is 16.5. The van der Waals surface area contributed by atoms with Crippen LogP contribution in [0.5, 0.6) is 11.5 Å². The lowest BCUT2D eigenvalue weighted by molar-refractivity contribution is 0.166. The van der Waals surface area contributed by atoms with Gasteiger partial charge < -0.3 is 14.6 Å². The number of hydrogen-bond donors (Lipinski definition) is 1. The Kier molecular flexibility index (Phi) is 5.02. The van der Waals surface area contributed by atoms with E-state index in [9.17, 15) is 5.11 Å². The van der Waals surface area contributed by atoms with Crippen LogP contribution >= 0.6 is 0 Å². The van der Waals surface area contributed by atoms with Crippen LogP contribution in [0.25, 0.3) is 0 Å². The zero-order valence-corrected chi connectivity index (χ0v) is 11.9. The molecule has 20 heavy (non-hydrogen) atoms. The van der Waals surface area contributed by atoms with Crippen molar-refractivity contribution < 1.29 is 14.6 Å². The molecule has 1 atom stereocenters. The molecule has 0 radical (unpaired) electrons. The van der Waals surface area contributed by atoms with Gasteiger partial charge in [-0.3, -0.25) is 0 Å². The Hall–Kier alpha value is -2.00. The number of aliphatic hydroxyl groups is 1. The molecule has 106 valence electrons. The first-order valence-electron chi connectivity index (χ1n) is 6.77. The van der Waals surface area contributed by atoms with Crippen LogP contribution in [0.15, 0.2) is 48.5 Å². The van der Waals surface area contributed by atoms with Crippen molar-refractivity contribution in [3.63, 3.8) is 0 Å². The molecule has 3 nitrogen and oxygen atoms in total. The molecule has 0 aliphatic rings. The molecule has 0 bridgehead atoms. The van der Waals surface area contributed by atoms with E-state index in [1.165, 1.54) is 0 Å². The molecule has 0 aromatic heterocycles. The number of para-hydroxylation sites is 1. The van der Waals surface area contributed by atoms with Crippen molar-refractivity contribution >= 4 is 0 Å². The van der Waals surface area contributed by atoms with Crippen LogP contribution in [-0.4, -0.2) is 12.2 Å². The third-order valence-corrected chi connectivity index (χ3v) is 3.19. The standard InChI is InChI=1S/C17H20O3/c1-3-16(18)15-9-4-5-10-17(15)20-12-13-7-6-8-14(11-13)19-2/h4-11,16,18H,3,12H2,1-2H3/t16-/m0/s1. The van der Waals surface area contributed by atoms with Gasteiger partial charge in [0.25, 0.3) is 0 Å². The quantitative estimate of drug-likeness (QED) is 0.871. The van der Waals surface area contributed by atoms with Crippen molar-refractivity contribution in [3.05, 3.63) is 59.7 Å². The van der Waals surface area contributed by atoms with Gasteiger partial charge in [-0.05, 0) is 30.2 Å². The fraction of sp³-hybridized carbons (Fsp3) is 0.294. The smallest absolute Gasteiger partial charge is 0.125 e. The Morgan fingerprint density at radius 2 is 1.90 bits per heavy atom. The third-order valence-electron chi connectivity index (χ3n) is 3.19. The summed E-state index contributed by atoms with van der Waals surface area (Å²) in [4.78, 5) is 0. The van der Waals surface area contributed by atoms with E-state index in [1.54, 1.807) is 7.11 Å². The van der Waals surface area contributed by atoms with Gasteiger partial charge in [0.15, 0.2) is 0 Å². The largest absolute Gasteiger partial charge is 0.497 e. The minimum absolute atomic E-state index is 0.449. The molecule has 0 unspecified atom stereocenters. The van der Waals surface area contributed by atoms with Crippen molar-refractivity contribution in [2.24, 2.45) is 0 Å². The number of benzene rings is 2.